The number of hydrogen-bond donors (Lipinski definition) is 0. The molecule has 3 rings (SSSR count). The van der Waals surface area contributed by atoms with Crippen molar-refractivity contribution < 1.29 is 9.53 Å². The average Bonchev–Trinajstić information content (AvgIpc) is 2.64. The summed E-state index contributed by atoms with van der Waals surface area (Å²) in [6, 6.07) is 8.49. The summed E-state index contributed by atoms with van der Waals surface area (Å²) in [4.78, 5) is 19.6. The molecular weight excluding hydrogens is 314 g/mol. The van der Waals surface area contributed by atoms with E-state index >= 15 is 0 Å². The van der Waals surface area contributed by atoms with E-state index in [0.717, 1.165) is 44.0 Å². The number of likely N-dealkylation sites (tertiary alicyclic amines) is 1. The van der Waals surface area contributed by atoms with Gasteiger partial charge >= 0.3 is 0 Å². The third kappa shape index (κ3) is 4.95. The summed E-state index contributed by atoms with van der Waals surface area (Å²) < 4.78 is 5.24. The fourth-order valence-corrected chi connectivity index (χ4v) is 3.92. The van der Waals surface area contributed by atoms with Crippen LogP contribution in [0.3, 0.4) is 0 Å². The highest BCUT2D eigenvalue weighted by molar-refractivity contribution is 5.79. The van der Waals surface area contributed by atoms with E-state index in [9.17, 15) is 4.79 Å². The van der Waals surface area contributed by atoms with Crippen molar-refractivity contribution in [2.75, 3.05) is 53.4 Å². The van der Waals surface area contributed by atoms with Gasteiger partial charge in [0.15, 0.2) is 0 Å². The summed E-state index contributed by atoms with van der Waals surface area (Å²) >= 11 is 0. The van der Waals surface area contributed by atoms with E-state index in [-0.39, 0.29) is 5.91 Å². The van der Waals surface area contributed by atoms with Crippen molar-refractivity contribution in [2.45, 2.75) is 31.7 Å². The molecule has 2 aliphatic rings. The molecule has 5 nitrogen and oxygen atoms in total. The molecule has 0 aromatic heterocycles. The Morgan fingerprint density at radius 1 is 1.16 bits per heavy atom. The lowest BCUT2D eigenvalue weighted by Gasteiger charge is -2.40. The van der Waals surface area contributed by atoms with Crippen LogP contribution in [0.25, 0.3) is 0 Å². The van der Waals surface area contributed by atoms with Crippen LogP contribution in [0.4, 0.5) is 0 Å². The van der Waals surface area contributed by atoms with Gasteiger partial charge in [-0.3, -0.25) is 9.69 Å². The van der Waals surface area contributed by atoms with Crippen LogP contribution in [0.15, 0.2) is 24.3 Å². The van der Waals surface area contributed by atoms with Gasteiger partial charge in [-0.1, -0.05) is 18.6 Å². The standard InChI is InChI=1S/C20H31N3O2/c1-21-9-4-3-7-18(21)16-22-10-12-23(13-11-22)20(24)15-17-6-5-8-19(14-17)25-2/h5-6,8,14,18H,3-4,7,9-13,15-16H2,1-2H3/t18-/m0/s1. The zero-order valence-electron chi connectivity index (χ0n) is 15.6. The van der Waals surface area contributed by atoms with E-state index in [1.54, 1.807) is 7.11 Å². The number of ether oxygens (including phenoxy) is 1. The van der Waals surface area contributed by atoms with Crippen molar-refractivity contribution >= 4 is 5.91 Å². The van der Waals surface area contributed by atoms with Crippen molar-refractivity contribution in [1.29, 1.82) is 0 Å². The summed E-state index contributed by atoms with van der Waals surface area (Å²) in [6.45, 7) is 6.05. The predicted octanol–water partition coefficient (Wildman–Crippen LogP) is 1.87. The molecule has 0 unspecified atom stereocenters. The van der Waals surface area contributed by atoms with Gasteiger partial charge in [0.25, 0.3) is 0 Å². The van der Waals surface area contributed by atoms with Crippen molar-refractivity contribution in [2.24, 2.45) is 0 Å². The number of methoxy groups -OCH3 is 1. The summed E-state index contributed by atoms with van der Waals surface area (Å²) in [5.74, 6) is 1.04. The van der Waals surface area contributed by atoms with Crippen molar-refractivity contribution in [3.05, 3.63) is 29.8 Å². The fourth-order valence-electron chi connectivity index (χ4n) is 3.92. The molecule has 5 heteroatoms. The first-order chi connectivity index (χ1) is 12.2. The van der Waals surface area contributed by atoms with Gasteiger partial charge in [0.2, 0.25) is 5.91 Å². The van der Waals surface area contributed by atoms with Crippen LogP contribution in [0, 0.1) is 0 Å². The molecule has 2 aliphatic heterocycles. The maximum Gasteiger partial charge on any atom is 0.227 e. The summed E-state index contributed by atoms with van der Waals surface area (Å²) in [7, 11) is 3.90. The molecule has 1 atom stereocenters. The van der Waals surface area contributed by atoms with Crippen LogP contribution in [0.2, 0.25) is 0 Å². The van der Waals surface area contributed by atoms with E-state index in [0.29, 0.717) is 12.5 Å². The van der Waals surface area contributed by atoms with Gasteiger partial charge in [-0.15, -0.1) is 0 Å². The van der Waals surface area contributed by atoms with Crippen LogP contribution < -0.4 is 4.74 Å². The number of hydrogen-bond acceptors (Lipinski definition) is 4. The first-order valence-corrected chi connectivity index (χ1v) is 9.49. The Bertz CT molecular complexity index is 570. The minimum atomic E-state index is 0.225. The first-order valence-electron chi connectivity index (χ1n) is 9.49. The summed E-state index contributed by atoms with van der Waals surface area (Å²) in [5.41, 5.74) is 1.02. The smallest absolute Gasteiger partial charge is 0.227 e. The number of likely N-dealkylation sites (N-methyl/N-ethyl adjacent to an activating group) is 1. The zero-order chi connectivity index (χ0) is 17.6. The number of amides is 1. The Kier molecular flexibility index (Phi) is 6.32. The molecule has 0 radical (unpaired) electrons. The molecule has 0 N–H and O–H groups in total. The number of rotatable bonds is 5. The monoisotopic (exact) mass is 345 g/mol. The fraction of sp³-hybridized carbons (Fsp3) is 0.650. The number of piperidine rings is 1. The minimum Gasteiger partial charge on any atom is -0.497 e. The Labute approximate surface area is 151 Å². The van der Waals surface area contributed by atoms with E-state index in [1.165, 1.54) is 25.8 Å². The highest BCUT2D eigenvalue weighted by atomic mass is 16.5. The van der Waals surface area contributed by atoms with E-state index in [1.807, 2.05) is 29.2 Å². The summed E-state index contributed by atoms with van der Waals surface area (Å²) in [6.07, 6.45) is 4.46. The Balaban J connectivity index is 1.45. The second-order valence-corrected chi connectivity index (χ2v) is 7.34. The van der Waals surface area contributed by atoms with E-state index in [2.05, 4.69) is 16.8 Å². The molecule has 1 amide bonds. The third-order valence-corrected chi connectivity index (χ3v) is 5.60. The highest BCUT2D eigenvalue weighted by Crippen LogP contribution is 2.18. The zero-order valence-corrected chi connectivity index (χ0v) is 15.6. The van der Waals surface area contributed by atoms with Crippen LogP contribution in [0.1, 0.15) is 24.8 Å². The van der Waals surface area contributed by atoms with E-state index < -0.39 is 0 Å². The van der Waals surface area contributed by atoms with Crippen molar-refractivity contribution in [3.8, 4) is 5.75 Å². The van der Waals surface area contributed by atoms with Crippen LogP contribution >= 0.6 is 0 Å². The van der Waals surface area contributed by atoms with Crippen LogP contribution in [-0.2, 0) is 11.2 Å². The Morgan fingerprint density at radius 3 is 2.68 bits per heavy atom. The van der Waals surface area contributed by atoms with Gasteiger partial charge in [-0.2, -0.15) is 0 Å². The number of piperazine rings is 1. The molecule has 2 saturated heterocycles. The van der Waals surface area contributed by atoms with Crippen molar-refractivity contribution in [1.82, 2.24) is 14.7 Å². The molecule has 0 bridgehead atoms. The van der Waals surface area contributed by atoms with Gasteiger partial charge in [0.05, 0.1) is 13.5 Å². The van der Waals surface area contributed by atoms with Gasteiger partial charge in [0, 0.05) is 38.8 Å². The average molecular weight is 345 g/mol. The second kappa shape index (κ2) is 8.68. The topological polar surface area (TPSA) is 36.0 Å². The second-order valence-electron chi connectivity index (χ2n) is 7.34. The molecule has 0 aliphatic carbocycles. The van der Waals surface area contributed by atoms with Crippen LogP contribution in [0.5, 0.6) is 5.75 Å². The predicted molar refractivity (Wildman–Crippen MR) is 100.0 cm³/mol. The van der Waals surface area contributed by atoms with Crippen molar-refractivity contribution in [3.63, 3.8) is 0 Å². The molecule has 138 valence electrons. The minimum absolute atomic E-state index is 0.225. The highest BCUT2D eigenvalue weighted by Gasteiger charge is 2.25. The Morgan fingerprint density at radius 2 is 1.96 bits per heavy atom. The number of carbonyl (C=O) groups excluding carboxylic acids is 1. The maximum absolute atomic E-state index is 12.6. The lowest BCUT2D eigenvalue weighted by atomic mass is 10.0. The molecular formula is C20H31N3O2. The molecule has 1 aromatic rings. The maximum atomic E-state index is 12.6. The normalized spacial score (nSPS) is 22.8. The first kappa shape index (κ1) is 18.2. The van der Waals surface area contributed by atoms with Gasteiger partial charge in [0.1, 0.15) is 5.75 Å². The number of nitrogens with zero attached hydrogens (tertiary/aromatic N) is 3. The lowest BCUT2D eigenvalue weighted by molar-refractivity contribution is -0.132. The number of benzene rings is 1. The molecule has 1 aromatic carbocycles. The quantitative estimate of drug-likeness (QED) is 0.816. The van der Waals surface area contributed by atoms with Crippen LogP contribution in [-0.4, -0.2) is 80.1 Å². The third-order valence-electron chi connectivity index (χ3n) is 5.60. The van der Waals surface area contributed by atoms with Gasteiger partial charge in [-0.25, -0.2) is 0 Å². The van der Waals surface area contributed by atoms with Gasteiger partial charge in [-0.05, 0) is 44.1 Å². The Hall–Kier alpha value is -1.59. The number of carbonyl (C=O) groups is 1. The van der Waals surface area contributed by atoms with Gasteiger partial charge < -0.3 is 14.5 Å². The molecule has 0 spiro atoms. The SMILES string of the molecule is COc1cccc(CC(=O)N2CCN(C[C@@H]3CCCCN3C)CC2)c1. The van der Waals surface area contributed by atoms with E-state index in [4.69, 9.17) is 4.74 Å². The largest absolute Gasteiger partial charge is 0.497 e. The molecule has 2 heterocycles. The lowest BCUT2D eigenvalue weighted by Crippen LogP contribution is -2.53. The molecule has 0 saturated carbocycles. The molecule has 25 heavy (non-hydrogen) atoms. The summed E-state index contributed by atoms with van der Waals surface area (Å²) in [5, 5.41) is 0. The molecule has 2 fully saturated rings.